The van der Waals surface area contributed by atoms with Crippen molar-refractivity contribution >= 4 is 17.6 Å². The number of hydrogen-bond donors (Lipinski definition) is 2. The first-order valence-corrected chi connectivity index (χ1v) is 7.04. The van der Waals surface area contributed by atoms with Crippen LogP contribution in [-0.4, -0.2) is 40.5 Å². The van der Waals surface area contributed by atoms with E-state index in [1.165, 1.54) is 0 Å². The third-order valence-corrected chi connectivity index (χ3v) is 3.82. The summed E-state index contributed by atoms with van der Waals surface area (Å²) >= 11 is 0. The van der Waals surface area contributed by atoms with E-state index in [9.17, 15) is 14.7 Å². The van der Waals surface area contributed by atoms with Crippen molar-refractivity contribution in [3.63, 3.8) is 0 Å². The van der Waals surface area contributed by atoms with Crippen molar-refractivity contribution in [3.05, 3.63) is 29.3 Å². The number of carboxylic acid groups (broad SMARTS) is 1. The van der Waals surface area contributed by atoms with Crippen LogP contribution in [0.5, 0.6) is 0 Å². The molecule has 1 aromatic carbocycles. The number of nitrogens with zero attached hydrogens (tertiary/aromatic N) is 1. The molecule has 0 spiro atoms. The number of benzene rings is 1. The minimum Gasteiger partial charge on any atom is -0.480 e. The zero-order valence-electron chi connectivity index (χ0n) is 13.4. The van der Waals surface area contributed by atoms with Gasteiger partial charge in [0.15, 0.2) is 0 Å². The summed E-state index contributed by atoms with van der Waals surface area (Å²) in [5.74, 6) is -1.15. The van der Waals surface area contributed by atoms with E-state index in [1.54, 1.807) is 18.7 Å². The number of carbonyl (C=O) groups excluding carboxylic acids is 1. The first-order chi connectivity index (χ1) is 9.68. The Balaban J connectivity index is 2.75. The second-order valence-corrected chi connectivity index (χ2v) is 5.73. The summed E-state index contributed by atoms with van der Waals surface area (Å²) < 4.78 is 0. The van der Waals surface area contributed by atoms with E-state index in [4.69, 9.17) is 0 Å². The average Bonchev–Trinajstić information content (AvgIpc) is 2.39. The second kappa shape index (κ2) is 6.72. The van der Waals surface area contributed by atoms with Crippen LogP contribution < -0.4 is 5.32 Å². The van der Waals surface area contributed by atoms with Gasteiger partial charge in [0.05, 0.1) is 6.54 Å². The van der Waals surface area contributed by atoms with Gasteiger partial charge in [-0.3, -0.25) is 14.5 Å². The van der Waals surface area contributed by atoms with E-state index in [0.717, 1.165) is 16.8 Å². The standard InChI is InChI=1S/C16H24N2O3/c1-6-18(16(4,5)15(20)21)10-14(19)17-13-8-7-11(2)12(3)9-13/h7-9H,6,10H2,1-5H3,(H,17,19)(H,20,21). The number of aliphatic carboxylic acids is 1. The Labute approximate surface area is 126 Å². The first-order valence-electron chi connectivity index (χ1n) is 7.04. The molecule has 0 heterocycles. The average molecular weight is 292 g/mol. The van der Waals surface area contributed by atoms with Crippen LogP contribution in [0.25, 0.3) is 0 Å². The third-order valence-electron chi connectivity index (χ3n) is 3.82. The van der Waals surface area contributed by atoms with Gasteiger partial charge in [-0.1, -0.05) is 13.0 Å². The van der Waals surface area contributed by atoms with Crippen molar-refractivity contribution in [2.24, 2.45) is 0 Å². The van der Waals surface area contributed by atoms with Crippen molar-refractivity contribution in [2.75, 3.05) is 18.4 Å². The molecule has 116 valence electrons. The van der Waals surface area contributed by atoms with Crippen LogP contribution in [0.1, 0.15) is 31.9 Å². The van der Waals surface area contributed by atoms with Gasteiger partial charge in [0, 0.05) is 5.69 Å². The number of aryl methyl sites for hydroxylation is 2. The van der Waals surface area contributed by atoms with E-state index in [0.29, 0.717) is 6.54 Å². The zero-order chi connectivity index (χ0) is 16.2. The van der Waals surface area contributed by atoms with Gasteiger partial charge in [0.2, 0.25) is 5.91 Å². The summed E-state index contributed by atoms with van der Waals surface area (Å²) in [6.45, 7) is 9.56. The normalized spacial score (nSPS) is 11.5. The van der Waals surface area contributed by atoms with Crippen LogP contribution in [0.2, 0.25) is 0 Å². The maximum absolute atomic E-state index is 12.1. The third kappa shape index (κ3) is 4.29. The molecule has 0 aliphatic heterocycles. The minimum atomic E-state index is -1.07. The topological polar surface area (TPSA) is 69.6 Å². The second-order valence-electron chi connectivity index (χ2n) is 5.73. The summed E-state index contributed by atoms with van der Waals surface area (Å²) in [7, 11) is 0. The Morgan fingerprint density at radius 1 is 1.24 bits per heavy atom. The fraction of sp³-hybridized carbons (Fsp3) is 0.500. The minimum absolute atomic E-state index is 0.0444. The molecule has 0 aromatic heterocycles. The molecule has 0 aliphatic rings. The highest BCUT2D eigenvalue weighted by atomic mass is 16.4. The molecule has 0 fully saturated rings. The van der Waals surface area contributed by atoms with Crippen molar-refractivity contribution in [1.82, 2.24) is 4.90 Å². The summed E-state index contributed by atoms with van der Waals surface area (Å²) in [5.41, 5.74) is 1.92. The molecule has 0 aliphatic carbocycles. The maximum Gasteiger partial charge on any atom is 0.323 e. The van der Waals surface area contributed by atoms with Crippen molar-refractivity contribution < 1.29 is 14.7 Å². The molecule has 21 heavy (non-hydrogen) atoms. The van der Waals surface area contributed by atoms with Crippen LogP contribution in [0.3, 0.4) is 0 Å². The van der Waals surface area contributed by atoms with Gasteiger partial charge in [-0.05, 0) is 57.5 Å². The Morgan fingerprint density at radius 3 is 2.33 bits per heavy atom. The van der Waals surface area contributed by atoms with Gasteiger partial charge in [0.25, 0.3) is 0 Å². The molecule has 0 saturated heterocycles. The molecule has 0 atom stereocenters. The van der Waals surface area contributed by atoms with Crippen LogP contribution in [-0.2, 0) is 9.59 Å². The summed E-state index contributed by atoms with van der Waals surface area (Å²) in [6.07, 6.45) is 0. The molecular weight excluding hydrogens is 268 g/mol. The molecule has 0 saturated carbocycles. The van der Waals surface area contributed by atoms with Crippen LogP contribution in [0.15, 0.2) is 18.2 Å². The van der Waals surface area contributed by atoms with E-state index in [2.05, 4.69) is 5.32 Å². The molecule has 0 radical (unpaired) electrons. The molecule has 0 bridgehead atoms. The maximum atomic E-state index is 12.1. The molecule has 1 amide bonds. The molecule has 2 N–H and O–H groups in total. The molecule has 1 aromatic rings. The summed E-state index contributed by atoms with van der Waals surface area (Å²) in [4.78, 5) is 25.0. The lowest BCUT2D eigenvalue weighted by atomic mass is 10.0. The summed E-state index contributed by atoms with van der Waals surface area (Å²) in [6, 6.07) is 5.70. The lowest BCUT2D eigenvalue weighted by molar-refractivity contribution is -0.149. The lowest BCUT2D eigenvalue weighted by Gasteiger charge is -2.33. The fourth-order valence-electron chi connectivity index (χ4n) is 2.03. The molecule has 5 nitrogen and oxygen atoms in total. The highest BCUT2D eigenvalue weighted by Gasteiger charge is 2.34. The number of hydrogen-bond acceptors (Lipinski definition) is 3. The van der Waals surface area contributed by atoms with Gasteiger partial charge in [-0.25, -0.2) is 0 Å². The van der Waals surface area contributed by atoms with Crippen molar-refractivity contribution in [2.45, 2.75) is 40.2 Å². The Bertz CT molecular complexity index is 538. The number of carboxylic acids is 1. The summed E-state index contributed by atoms with van der Waals surface area (Å²) in [5, 5.41) is 12.1. The monoisotopic (exact) mass is 292 g/mol. The predicted molar refractivity (Wildman–Crippen MR) is 83.5 cm³/mol. The SMILES string of the molecule is CCN(CC(=O)Nc1ccc(C)c(C)c1)C(C)(C)C(=O)O. The fourth-order valence-corrected chi connectivity index (χ4v) is 2.03. The largest absolute Gasteiger partial charge is 0.480 e. The van der Waals surface area contributed by atoms with Crippen LogP contribution >= 0.6 is 0 Å². The molecular formula is C16H24N2O3. The van der Waals surface area contributed by atoms with Crippen molar-refractivity contribution in [3.8, 4) is 0 Å². The number of rotatable bonds is 6. The quantitative estimate of drug-likeness (QED) is 0.845. The smallest absolute Gasteiger partial charge is 0.323 e. The Morgan fingerprint density at radius 2 is 1.86 bits per heavy atom. The van der Waals surface area contributed by atoms with Gasteiger partial charge in [0.1, 0.15) is 5.54 Å². The lowest BCUT2D eigenvalue weighted by Crippen LogP contribution is -2.52. The van der Waals surface area contributed by atoms with Gasteiger partial charge >= 0.3 is 5.97 Å². The van der Waals surface area contributed by atoms with Gasteiger partial charge < -0.3 is 10.4 Å². The van der Waals surface area contributed by atoms with E-state index < -0.39 is 11.5 Å². The Kier molecular flexibility index (Phi) is 5.49. The van der Waals surface area contributed by atoms with Crippen molar-refractivity contribution in [1.29, 1.82) is 0 Å². The molecule has 5 heteroatoms. The van der Waals surface area contributed by atoms with Crippen LogP contribution in [0.4, 0.5) is 5.69 Å². The number of carbonyl (C=O) groups is 2. The number of amides is 1. The van der Waals surface area contributed by atoms with E-state index in [-0.39, 0.29) is 12.5 Å². The number of likely N-dealkylation sites (N-methyl/N-ethyl adjacent to an activating group) is 1. The number of anilines is 1. The number of nitrogens with one attached hydrogen (secondary N) is 1. The molecule has 0 unspecified atom stereocenters. The van der Waals surface area contributed by atoms with Crippen LogP contribution in [0, 0.1) is 13.8 Å². The molecule has 1 rings (SSSR count). The zero-order valence-corrected chi connectivity index (χ0v) is 13.4. The predicted octanol–water partition coefficient (Wildman–Crippen LogP) is 2.43. The van der Waals surface area contributed by atoms with Gasteiger partial charge in [-0.15, -0.1) is 0 Å². The van der Waals surface area contributed by atoms with Gasteiger partial charge in [-0.2, -0.15) is 0 Å². The highest BCUT2D eigenvalue weighted by molar-refractivity contribution is 5.93. The van der Waals surface area contributed by atoms with E-state index >= 15 is 0 Å². The first kappa shape index (κ1) is 17.2. The highest BCUT2D eigenvalue weighted by Crippen LogP contribution is 2.16. The van der Waals surface area contributed by atoms with E-state index in [1.807, 2.05) is 39.0 Å². The Hall–Kier alpha value is -1.88.